The molecule has 0 fully saturated rings. The van der Waals surface area contributed by atoms with E-state index in [0.29, 0.717) is 37.1 Å². The summed E-state index contributed by atoms with van der Waals surface area (Å²) in [5.41, 5.74) is 5.97. The predicted octanol–water partition coefficient (Wildman–Crippen LogP) is 2.25. The molecule has 0 radical (unpaired) electrons. The topological polar surface area (TPSA) is 133 Å². The second kappa shape index (κ2) is 6.91. The molecule has 1 aliphatic rings. The Morgan fingerprint density at radius 2 is 1.92 bits per heavy atom. The molecular formula is C15H20N4O5. The van der Waals surface area contributed by atoms with Gasteiger partial charge in [0, 0.05) is 18.5 Å². The van der Waals surface area contributed by atoms with Gasteiger partial charge in [-0.3, -0.25) is 25.0 Å². The van der Waals surface area contributed by atoms with Gasteiger partial charge in [0.2, 0.25) is 5.91 Å². The van der Waals surface area contributed by atoms with E-state index in [0.717, 1.165) is 6.07 Å². The number of nitro benzene ring substituents is 2. The summed E-state index contributed by atoms with van der Waals surface area (Å²) in [4.78, 5) is 35.2. The number of nitrogens with zero attached hydrogens (tertiary/aromatic N) is 3. The minimum atomic E-state index is -0.662. The van der Waals surface area contributed by atoms with Crippen LogP contribution in [0.1, 0.15) is 43.7 Å². The molecule has 0 saturated carbocycles. The molecule has 2 N–H and O–H groups in total. The molecule has 1 aromatic rings. The molecule has 0 bridgehead atoms. The van der Waals surface area contributed by atoms with Crippen molar-refractivity contribution in [3.63, 3.8) is 0 Å². The molecule has 24 heavy (non-hydrogen) atoms. The fourth-order valence-electron chi connectivity index (χ4n) is 3.17. The summed E-state index contributed by atoms with van der Waals surface area (Å²) in [5, 5.41) is 22.8. The molecule has 0 unspecified atom stereocenters. The number of fused-ring (bicyclic) bond motifs is 1. The molecule has 1 amide bonds. The maximum Gasteiger partial charge on any atom is 0.300 e. The highest BCUT2D eigenvalue weighted by molar-refractivity contribution is 5.99. The molecule has 9 heteroatoms. The summed E-state index contributed by atoms with van der Waals surface area (Å²) < 4.78 is 0. The van der Waals surface area contributed by atoms with Crippen LogP contribution >= 0.6 is 0 Å². The summed E-state index contributed by atoms with van der Waals surface area (Å²) >= 11 is 0. The number of hydrogen-bond acceptors (Lipinski definition) is 6. The average Bonchev–Trinajstić information content (AvgIpc) is 2.94. The Labute approximate surface area is 138 Å². The van der Waals surface area contributed by atoms with Crippen molar-refractivity contribution in [2.45, 2.75) is 39.0 Å². The Kier molecular flexibility index (Phi) is 5.13. The van der Waals surface area contributed by atoms with Gasteiger partial charge in [-0.15, -0.1) is 0 Å². The summed E-state index contributed by atoms with van der Waals surface area (Å²) in [6, 6.07) is 0.975. The van der Waals surface area contributed by atoms with Gasteiger partial charge in [-0.05, 0) is 30.9 Å². The Morgan fingerprint density at radius 1 is 1.29 bits per heavy atom. The number of rotatable bonds is 6. The van der Waals surface area contributed by atoms with Crippen LogP contribution in [0.15, 0.2) is 6.07 Å². The maximum absolute atomic E-state index is 12.4. The third-order valence-electron chi connectivity index (χ3n) is 4.12. The van der Waals surface area contributed by atoms with Gasteiger partial charge in [0.05, 0.1) is 15.9 Å². The van der Waals surface area contributed by atoms with Crippen LogP contribution < -0.4 is 10.6 Å². The molecule has 1 heterocycles. The van der Waals surface area contributed by atoms with E-state index in [-0.39, 0.29) is 35.3 Å². The standard InChI is InChI=1S/C15H20N4O5/c1-9(2)14-10-5-7-17(13(20)4-3-6-16)15(10)12(19(23)24)8-11(14)18(21)22/h8-9H,3-7,16H2,1-2H3. The largest absolute Gasteiger partial charge is 0.330 e. The highest BCUT2D eigenvalue weighted by Crippen LogP contribution is 2.46. The first-order chi connectivity index (χ1) is 11.3. The van der Waals surface area contributed by atoms with Crippen molar-refractivity contribution < 1.29 is 14.6 Å². The second-order valence-corrected chi connectivity index (χ2v) is 6.01. The van der Waals surface area contributed by atoms with Crippen LogP contribution in [0.3, 0.4) is 0 Å². The number of amides is 1. The molecule has 1 aliphatic heterocycles. The van der Waals surface area contributed by atoms with E-state index >= 15 is 0 Å². The number of benzene rings is 1. The average molecular weight is 336 g/mol. The monoisotopic (exact) mass is 336 g/mol. The van der Waals surface area contributed by atoms with Crippen molar-refractivity contribution in [1.29, 1.82) is 0 Å². The highest BCUT2D eigenvalue weighted by Gasteiger charge is 2.38. The zero-order chi connectivity index (χ0) is 18.0. The SMILES string of the molecule is CC(C)c1c([N+](=O)[O-])cc([N+](=O)[O-])c2c1CCN2C(=O)CCCN. The lowest BCUT2D eigenvalue weighted by Crippen LogP contribution is -2.29. The van der Waals surface area contributed by atoms with Gasteiger partial charge < -0.3 is 10.6 Å². The van der Waals surface area contributed by atoms with Gasteiger partial charge in [-0.1, -0.05) is 13.8 Å². The minimum Gasteiger partial charge on any atom is -0.330 e. The number of nitrogens with two attached hydrogens (primary N) is 1. The van der Waals surface area contributed by atoms with Crippen LogP contribution in [-0.2, 0) is 11.2 Å². The van der Waals surface area contributed by atoms with Gasteiger partial charge in [0.15, 0.2) is 0 Å². The van der Waals surface area contributed by atoms with Crippen LogP contribution in [0, 0.1) is 20.2 Å². The van der Waals surface area contributed by atoms with E-state index in [1.54, 1.807) is 13.8 Å². The first kappa shape index (κ1) is 17.8. The first-order valence-electron chi connectivity index (χ1n) is 7.78. The lowest BCUT2D eigenvalue weighted by atomic mass is 9.92. The molecular weight excluding hydrogens is 316 g/mol. The summed E-state index contributed by atoms with van der Waals surface area (Å²) in [6.45, 7) is 4.24. The zero-order valence-corrected chi connectivity index (χ0v) is 13.7. The van der Waals surface area contributed by atoms with Crippen molar-refractivity contribution in [1.82, 2.24) is 0 Å². The second-order valence-electron chi connectivity index (χ2n) is 6.01. The summed E-state index contributed by atoms with van der Waals surface area (Å²) in [7, 11) is 0. The molecule has 2 rings (SSSR count). The highest BCUT2D eigenvalue weighted by atomic mass is 16.6. The Bertz CT molecular complexity index is 702. The van der Waals surface area contributed by atoms with E-state index in [9.17, 15) is 25.0 Å². The lowest BCUT2D eigenvalue weighted by Gasteiger charge is -2.18. The normalized spacial score (nSPS) is 13.2. The van der Waals surface area contributed by atoms with Gasteiger partial charge in [-0.25, -0.2) is 0 Å². The van der Waals surface area contributed by atoms with Crippen LogP contribution in [0.4, 0.5) is 17.1 Å². The quantitative estimate of drug-likeness (QED) is 0.625. The minimum absolute atomic E-state index is 0.181. The summed E-state index contributed by atoms with van der Waals surface area (Å²) in [6.07, 6.45) is 1.06. The van der Waals surface area contributed by atoms with Crippen LogP contribution in [0.2, 0.25) is 0 Å². The van der Waals surface area contributed by atoms with Crippen molar-refractivity contribution in [3.8, 4) is 0 Å². The molecule has 1 aromatic carbocycles. The fourth-order valence-corrected chi connectivity index (χ4v) is 3.17. The Morgan fingerprint density at radius 3 is 2.42 bits per heavy atom. The van der Waals surface area contributed by atoms with Gasteiger partial charge in [0.1, 0.15) is 5.69 Å². The van der Waals surface area contributed by atoms with Crippen LogP contribution in [-0.4, -0.2) is 28.8 Å². The number of carbonyl (C=O) groups is 1. The predicted molar refractivity (Wildman–Crippen MR) is 88.2 cm³/mol. The molecule has 0 spiro atoms. The van der Waals surface area contributed by atoms with E-state index in [1.165, 1.54) is 4.90 Å². The van der Waals surface area contributed by atoms with Crippen LogP contribution in [0.25, 0.3) is 0 Å². The third-order valence-corrected chi connectivity index (χ3v) is 4.12. The van der Waals surface area contributed by atoms with E-state index in [4.69, 9.17) is 5.73 Å². The number of nitro groups is 2. The smallest absolute Gasteiger partial charge is 0.300 e. The number of anilines is 1. The summed E-state index contributed by atoms with van der Waals surface area (Å²) in [5.74, 6) is -0.426. The first-order valence-corrected chi connectivity index (χ1v) is 7.78. The van der Waals surface area contributed by atoms with Crippen molar-refractivity contribution >= 4 is 23.0 Å². The van der Waals surface area contributed by atoms with Crippen LogP contribution in [0.5, 0.6) is 0 Å². The van der Waals surface area contributed by atoms with Crippen molar-refractivity contribution in [2.75, 3.05) is 18.0 Å². The Balaban J connectivity index is 2.65. The van der Waals surface area contributed by atoms with E-state index in [2.05, 4.69) is 0 Å². The molecule has 0 aliphatic carbocycles. The molecule has 0 saturated heterocycles. The van der Waals surface area contributed by atoms with E-state index in [1.807, 2.05) is 0 Å². The van der Waals surface area contributed by atoms with Gasteiger partial charge in [-0.2, -0.15) is 0 Å². The van der Waals surface area contributed by atoms with Gasteiger partial charge >= 0.3 is 0 Å². The van der Waals surface area contributed by atoms with Crippen molar-refractivity contribution in [2.24, 2.45) is 5.73 Å². The van der Waals surface area contributed by atoms with E-state index < -0.39 is 9.85 Å². The molecule has 130 valence electrons. The maximum atomic E-state index is 12.4. The van der Waals surface area contributed by atoms with Gasteiger partial charge in [0.25, 0.3) is 11.4 Å². The van der Waals surface area contributed by atoms with Crippen molar-refractivity contribution in [3.05, 3.63) is 37.4 Å². The molecule has 9 nitrogen and oxygen atoms in total. The lowest BCUT2D eigenvalue weighted by molar-refractivity contribution is -0.394. The molecule has 0 atom stereocenters. The zero-order valence-electron chi connectivity index (χ0n) is 13.7. The third kappa shape index (κ3) is 3.07. The number of hydrogen-bond donors (Lipinski definition) is 1. The fraction of sp³-hybridized carbons (Fsp3) is 0.533. The number of carbonyl (C=O) groups excluding carboxylic acids is 1. The molecule has 0 aromatic heterocycles. The Hall–Kier alpha value is -2.55.